The first kappa shape index (κ1) is 12.0. The summed E-state index contributed by atoms with van der Waals surface area (Å²) >= 11 is 0. The molecule has 0 aromatic carbocycles. The van der Waals surface area contributed by atoms with E-state index in [4.69, 9.17) is 0 Å². The van der Waals surface area contributed by atoms with E-state index in [0.29, 0.717) is 0 Å². The molecule has 0 unspecified atom stereocenters. The van der Waals surface area contributed by atoms with Crippen molar-refractivity contribution >= 4 is 0 Å². The maximum atomic E-state index is 3.63. The van der Waals surface area contributed by atoms with Gasteiger partial charge in [0.2, 0.25) is 0 Å². The van der Waals surface area contributed by atoms with Crippen LogP contribution < -0.4 is 10.6 Å². The molecule has 0 aromatic heterocycles. The fourth-order valence-corrected chi connectivity index (χ4v) is 2.08. The third kappa shape index (κ3) is 4.43. The van der Waals surface area contributed by atoms with Gasteiger partial charge in [0.05, 0.1) is 0 Å². The van der Waals surface area contributed by atoms with Gasteiger partial charge >= 0.3 is 0 Å². The molecule has 0 spiro atoms. The summed E-state index contributed by atoms with van der Waals surface area (Å²) in [7, 11) is 0. The highest BCUT2D eigenvalue weighted by Crippen LogP contribution is 2.24. The number of nitrogens with one attached hydrogen (secondary N) is 2. The molecule has 1 fully saturated rings. The third-order valence-electron chi connectivity index (χ3n) is 2.41. The Kier molecular flexibility index (Phi) is 3.27. The van der Waals surface area contributed by atoms with E-state index >= 15 is 0 Å². The molecule has 2 N–H and O–H groups in total. The molecule has 0 atom stereocenters. The van der Waals surface area contributed by atoms with Crippen LogP contribution in [-0.4, -0.2) is 23.2 Å². The van der Waals surface area contributed by atoms with Gasteiger partial charge in [-0.25, -0.2) is 0 Å². The van der Waals surface area contributed by atoms with Gasteiger partial charge in [-0.2, -0.15) is 0 Å². The Morgan fingerprint density at radius 2 is 1.00 bits per heavy atom. The molecule has 1 aliphatic rings. The molecule has 2 heteroatoms. The van der Waals surface area contributed by atoms with E-state index < -0.39 is 0 Å². The summed E-state index contributed by atoms with van der Waals surface area (Å²) in [5, 5.41) is 7.26. The fourth-order valence-electron chi connectivity index (χ4n) is 2.08. The van der Waals surface area contributed by atoms with Crippen molar-refractivity contribution in [2.75, 3.05) is 0 Å². The van der Waals surface area contributed by atoms with Crippen molar-refractivity contribution in [3.05, 3.63) is 0 Å². The van der Waals surface area contributed by atoms with Gasteiger partial charge in [-0.3, -0.25) is 0 Å². The van der Waals surface area contributed by atoms with Crippen LogP contribution in [0.4, 0.5) is 0 Å². The van der Waals surface area contributed by atoms with Gasteiger partial charge in [0.15, 0.2) is 0 Å². The van der Waals surface area contributed by atoms with Gasteiger partial charge in [-0.1, -0.05) is 0 Å². The second kappa shape index (κ2) is 3.82. The molecule has 1 saturated carbocycles. The van der Waals surface area contributed by atoms with Crippen molar-refractivity contribution in [1.82, 2.24) is 10.6 Å². The third-order valence-corrected chi connectivity index (χ3v) is 2.41. The van der Waals surface area contributed by atoms with E-state index in [0.717, 1.165) is 12.1 Å². The van der Waals surface area contributed by atoms with Crippen LogP contribution in [-0.2, 0) is 0 Å². The topological polar surface area (TPSA) is 24.1 Å². The van der Waals surface area contributed by atoms with Crippen LogP contribution in [0.5, 0.6) is 0 Å². The summed E-state index contributed by atoms with van der Waals surface area (Å²) < 4.78 is 0. The monoisotopic (exact) mass is 198 g/mol. The zero-order valence-corrected chi connectivity index (χ0v) is 10.6. The van der Waals surface area contributed by atoms with Gasteiger partial charge in [-0.05, 0) is 54.4 Å². The van der Waals surface area contributed by atoms with Crippen LogP contribution in [0.2, 0.25) is 0 Å². The Morgan fingerprint density at radius 3 is 1.21 bits per heavy atom. The van der Waals surface area contributed by atoms with Crippen LogP contribution in [0.3, 0.4) is 0 Å². The van der Waals surface area contributed by atoms with Crippen molar-refractivity contribution in [3.63, 3.8) is 0 Å². The molecule has 0 saturated heterocycles. The van der Waals surface area contributed by atoms with Crippen LogP contribution in [0.25, 0.3) is 0 Å². The van der Waals surface area contributed by atoms with Crippen LogP contribution in [0, 0.1) is 0 Å². The van der Waals surface area contributed by atoms with Gasteiger partial charge in [0, 0.05) is 23.2 Å². The molecular formula is C12H26N2. The van der Waals surface area contributed by atoms with Gasteiger partial charge < -0.3 is 10.6 Å². The molecule has 0 bridgehead atoms. The SMILES string of the molecule is CC(C)(C)N[C@H]1C[C@@H](NC(C)(C)C)C1. The van der Waals surface area contributed by atoms with Crippen LogP contribution in [0.15, 0.2) is 0 Å². The van der Waals surface area contributed by atoms with Crippen LogP contribution >= 0.6 is 0 Å². The minimum absolute atomic E-state index is 0.261. The molecule has 84 valence electrons. The summed E-state index contributed by atoms with van der Waals surface area (Å²) in [4.78, 5) is 0. The molecule has 0 aromatic rings. The first-order valence-electron chi connectivity index (χ1n) is 5.71. The van der Waals surface area contributed by atoms with E-state index in [-0.39, 0.29) is 11.1 Å². The van der Waals surface area contributed by atoms with E-state index in [1.807, 2.05) is 0 Å². The lowest BCUT2D eigenvalue weighted by atomic mass is 9.83. The van der Waals surface area contributed by atoms with Crippen molar-refractivity contribution < 1.29 is 0 Å². The predicted molar refractivity (Wildman–Crippen MR) is 62.6 cm³/mol. The minimum atomic E-state index is 0.261. The number of hydrogen-bond donors (Lipinski definition) is 2. The summed E-state index contributed by atoms with van der Waals surface area (Å²) in [6.07, 6.45) is 2.54. The summed E-state index contributed by atoms with van der Waals surface area (Å²) in [5.41, 5.74) is 0.523. The van der Waals surface area contributed by atoms with E-state index in [9.17, 15) is 0 Å². The Labute approximate surface area is 88.8 Å². The van der Waals surface area contributed by atoms with E-state index in [1.165, 1.54) is 12.8 Å². The summed E-state index contributed by atoms with van der Waals surface area (Å²) in [6, 6.07) is 1.43. The molecule has 2 nitrogen and oxygen atoms in total. The highest BCUT2D eigenvalue weighted by molar-refractivity contribution is 4.95. The molecule has 0 amide bonds. The largest absolute Gasteiger partial charge is 0.309 e. The van der Waals surface area contributed by atoms with Gasteiger partial charge in [-0.15, -0.1) is 0 Å². The van der Waals surface area contributed by atoms with Crippen molar-refractivity contribution in [3.8, 4) is 0 Å². The molecule has 0 aliphatic heterocycles. The maximum absolute atomic E-state index is 3.63. The second-order valence-corrected chi connectivity index (χ2v) is 6.65. The average Bonchev–Trinajstić information content (AvgIpc) is 1.75. The van der Waals surface area contributed by atoms with Crippen LogP contribution in [0.1, 0.15) is 54.4 Å². The molecule has 14 heavy (non-hydrogen) atoms. The Hall–Kier alpha value is -0.0800. The smallest absolute Gasteiger partial charge is 0.0101 e. The lowest BCUT2D eigenvalue weighted by Crippen LogP contribution is -2.58. The molecule has 1 rings (SSSR count). The fraction of sp³-hybridized carbons (Fsp3) is 1.00. The van der Waals surface area contributed by atoms with Crippen molar-refractivity contribution in [2.45, 2.75) is 77.5 Å². The number of hydrogen-bond acceptors (Lipinski definition) is 2. The highest BCUT2D eigenvalue weighted by atomic mass is 15.1. The van der Waals surface area contributed by atoms with E-state index in [2.05, 4.69) is 52.2 Å². The van der Waals surface area contributed by atoms with Gasteiger partial charge in [0.1, 0.15) is 0 Å². The first-order valence-corrected chi connectivity index (χ1v) is 5.71. The molecule has 1 aliphatic carbocycles. The Balaban J connectivity index is 2.18. The lowest BCUT2D eigenvalue weighted by molar-refractivity contribution is 0.180. The van der Waals surface area contributed by atoms with E-state index in [1.54, 1.807) is 0 Å². The Bertz CT molecular complexity index is 159. The molecular weight excluding hydrogens is 172 g/mol. The maximum Gasteiger partial charge on any atom is 0.0101 e. The lowest BCUT2D eigenvalue weighted by Gasteiger charge is -2.43. The van der Waals surface area contributed by atoms with Crippen molar-refractivity contribution in [1.29, 1.82) is 0 Å². The summed E-state index contributed by atoms with van der Waals surface area (Å²) in [5.74, 6) is 0. The predicted octanol–water partition coefficient (Wildman–Crippen LogP) is 2.29. The Morgan fingerprint density at radius 1 is 0.714 bits per heavy atom. The van der Waals surface area contributed by atoms with Gasteiger partial charge in [0.25, 0.3) is 0 Å². The normalized spacial score (nSPS) is 28.7. The zero-order chi connectivity index (χ0) is 11.0. The highest BCUT2D eigenvalue weighted by Gasteiger charge is 2.33. The number of rotatable bonds is 2. The standard InChI is InChI=1S/C12H26N2/c1-11(2,3)13-9-7-10(8-9)14-12(4,5)6/h9-10,13-14H,7-8H2,1-6H3/t9-,10+. The zero-order valence-electron chi connectivity index (χ0n) is 10.6. The minimum Gasteiger partial charge on any atom is -0.309 e. The first-order chi connectivity index (χ1) is 6.16. The second-order valence-electron chi connectivity index (χ2n) is 6.65. The molecule has 0 radical (unpaired) electrons. The van der Waals surface area contributed by atoms with Crippen molar-refractivity contribution in [2.24, 2.45) is 0 Å². The molecule has 0 heterocycles. The average molecular weight is 198 g/mol. The quantitative estimate of drug-likeness (QED) is 0.711. The summed E-state index contributed by atoms with van der Waals surface area (Å²) in [6.45, 7) is 13.4.